The smallest absolute Gasteiger partial charge is 0.191 e. The van der Waals surface area contributed by atoms with Gasteiger partial charge in [0, 0.05) is 5.39 Å². The maximum Gasteiger partial charge on any atom is 0.191 e. The van der Waals surface area contributed by atoms with Gasteiger partial charge < -0.3 is 11.5 Å². The van der Waals surface area contributed by atoms with E-state index >= 15 is 0 Å². The molecule has 0 radical (unpaired) electrons. The lowest BCUT2D eigenvalue weighted by Crippen LogP contribution is -2.21. The number of guanidine groups is 1. The molecule has 0 aliphatic rings. The number of nitrogens with zero attached hydrogens (tertiary/aromatic N) is 1. The molecule has 0 saturated heterocycles. The highest BCUT2D eigenvalue weighted by atomic mass is 19.1. The van der Waals surface area contributed by atoms with E-state index in [9.17, 15) is 4.39 Å². The number of benzene rings is 2. The molecule has 0 spiro atoms. The number of aliphatic imine (C=N–C) groups is 1. The van der Waals surface area contributed by atoms with Crippen molar-refractivity contribution in [3.8, 4) is 0 Å². The highest BCUT2D eigenvalue weighted by Crippen LogP contribution is 2.26. The molecule has 2 aromatic rings. The predicted octanol–water partition coefficient (Wildman–Crippen LogP) is 1.88. The Kier molecular flexibility index (Phi) is 2.25. The molecule has 0 fully saturated rings. The van der Waals surface area contributed by atoms with Crippen LogP contribution in [0.25, 0.3) is 10.8 Å². The van der Waals surface area contributed by atoms with E-state index in [0.29, 0.717) is 11.1 Å². The Labute approximate surface area is 86.2 Å². The van der Waals surface area contributed by atoms with Gasteiger partial charge in [0.15, 0.2) is 5.96 Å². The molecule has 0 aliphatic heterocycles. The summed E-state index contributed by atoms with van der Waals surface area (Å²) in [4.78, 5) is 3.93. The van der Waals surface area contributed by atoms with Crippen LogP contribution in [0.3, 0.4) is 0 Å². The van der Waals surface area contributed by atoms with Crippen molar-refractivity contribution >= 4 is 22.4 Å². The van der Waals surface area contributed by atoms with Crippen LogP contribution >= 0.6 is 0 Å². The fraction of sp³-hybridized carbons (Fsp3) is 0. The van der Waals surface area contributed by atoms with Gasteiger partial charge in [-0.05, 0) is 23.6 Å². The van der Waals surface area contributed by atoms with E-state index in [-0.39, 0.29) is 11.8 Å². The van der Waals surface area contributed by atoms with Crippen LogP contribution < -0.4 is 11.5 Å². The first-order valence-electron chi connectivity index (χ1n) is 4.45. The first-order valence-corrected chi connectivity index (χ1v) is 4.45. The van der Waals surface area contributed by atoms with Gasteiger partial charge in [-0.2, -0.15) is 0 Å². The Morgan fingerprint density at radius 2 is 1.93 bits per heavy atom. The van der Waals surface area contributed by atoms with Crippen LogP contribution in [0.4, 0.5) is 10.1 Å². The van der Waals surface area contributed by atoms with Crippen LogP contribution in [-0.2, 0) is 0 Å². The summed E-state index contributed by atoms with van der Waals surface area (Å²) in [5.74, 6) is -0.340. The first-order chi connectivity index (χ1) is 7.16. The van der Waals surface area contributed by atoms with Gasteiger partial charge in [0.25, 0.3) is 0 Å². The average Bonchev–Trinajstić information content (AvgIpc) is 2.18. The highest BCUT2D eigenvalue weighted by molar-refractivity contribution is 5.95. The minimum atomic E-state index is -0.305. The van der Waals surface area contributed by atoms with Crippen LogP contribution in [0.15, 0.2) is 41.4 Å². The molecule has 0 unspecified atom stereocenters. The monoisotopic (exact) mass is 203 g/mol. The van der Waals surface area contributed by atoms with Crippen LogP contribution in [0.1, 0.15) is 0 Å². The van der Waals surface area contributed by atoms with Gasteiger partial charge in [0.2, 0.25) is 0 Å². The van der Waals surface area contributed by atoms with Crippen molar-refractivity contribution in [2.45, 2.75) is 0 Å². The molecule has 3 nitrogen and oxygen atoms in total. The van der Waals surface area contributed by atoms with Gasteiger partial charge >= 0.3 is 0 Å². The fourth-order valence-electron chi connectivity index (χ4n) is 1.46. The molecular weight excluding hydrogens is 193 g/mol. The summed E-state index contributed by atoms with van der Waals surface area (Å²) in [7, 11) is 0. The van der Waals surface area contributed by atoms with Crippen LogP contribution in [0.5, 0.6) is 0 Å². The first kappa shape index (κ1) is 9.45. The largest absolute Gasteiger partial charge is 0.370 e. The van der Waals surface area contributed by atoms with E-state index in [0.717, 1.165) is 5.39 Å². The lowest BCUT2D eigenvalue weighted by Gasteiger charge is -2.02. The molecule has 2 rings (SSSR count). The maximum atomic E-state index is 13.0. The van der Waals surface area contributed by atoms with Crippen LogP contribution in [0, 0.1) is 5.82 Å². The number of nitrogens with two attached hydrogens (primary N) is 2. The number of fused-ring (bicyclic) bond motifs is 1. The Balaban J connectivity index is 2.74. The Hall–Kier alpha value is -2.10. The van der Waals surface area contributed by atoms with Crippen molar-refractivity contribution in [1.82, 2.24) is 0 Å². The molecule has 0 heterocycles. The van der Waals surface area contributed by atoms with E-state index in [2.05, 4.69) is 4.99 Å². The highest BCUT2D eigenvalue weighted by Gasteiger charge is 2.01. The van der Waals surface area contributed by atoms with Gasteiger partial charge in [-0.25, -0.2) is 9.38 Å². The van der Waals surface area contributed by atoms with Crippen molar-refractivity contribution in [3.63, 3.8) is 0 Å². The fourth-order valence-corrected chi connectivity index (χ4v) is 1.46. The molecule has 0 saturated carbocycles. The summed E-state index contributed by atoms with van der Waals surface area (Å²) in [6.07, 6.45) is 0. The number of halogens is 1. The van der Waals surface area contributed by atoms with E-state index in [4.69, 9.17) is 11.5 Å². The van der Waals surface area contributed by atoms with Crippen LogP contribution in [0.2, 0.25) is 0 Å². The second-order valence-corrected chi connectivity index (χ2v) is 3.18. The average molecular weight is 203 g/mol. The van der Waals surface area contributed by atoms with Gasteiger partial charge in [0.05, 0.1) is 5.69 Å². The standard InChI is InChI=1S/C11H10FN3/c12-8-5-4-7-2-1-3-10(9(7)6-8)15-11(13)14/h1-6H,(H4,13,14,15). The Bertz CT molecular complexity index is 530. The Morgan fingerprint density at radius 1 is 1.13 bits per heavy atom. The molecule has 0 amide bonds. The lowest BCUT2D eigenvalue weighted by atomic mass is 10.1. The molecule has 4 N–H and O–H groups in total. The topological polar surface area (TPSA) is 64.4 Å². The summed E-state index contributed by atoms with van der Waals surface area (Å²) in [6, 6.07) is 9.94. The quantitative estimate of drug-likeness (QED) is 0.549. The van der Waals surface area contributed by atoms with Crippen molar-refractivity contribution in [3.05, 3.63) is 42.2 Å². The molecule has 4 heteroatoms. The summed E-state index contributed by atoms with van der Waals surface area (Å²) < 4.78 is 13.0. The third-order valence-corrected chi connectivity index (χ3v) is 2.07. The maximum absolute atomic E-state index is 13.0. The lowest BCUT2D eigenvalue weighted by molar-refractivity contribution is 0.630. The van der Waals surface area contributed by atoms with Crippen LogP contribution in [-0.4, -0.2) is 5.96 Å². The van der Waals surface area contributed by atoms with E-state index in [1.165, 1.54) is 12.1 Å². The third-order valence-electron chi connectivity index (χ3n) is 2.07. The third kappa shape index (κ3) is 1.88. The summed E-state index contributed by atoms with van der Waals surface area (Å²) >= 11 is 0. The van der Waals surface area contributed by atoms with Gasteiger partial charge in [0.1, 0.15) is 5.82 Å². The number of rotatable bonds is 1. The normalized spacial score (nSPS) is 10.2. The van der Waals surface area contributed by atoms with Crippen molar-refractivity contribution in [2.24, 2.45) is 16.5 Å². The summed E-state index contributed by atoms with van der Waals surface area (Å²) in [6.45, 7) is 0. The van der Waals surface area contributed by atoms with Gasteiger partial charge in [-0.3, -0.25) is 0 Å². The zero-order valence-corrected chi connectivity index (χ0v) is 7.94. The molecular formula is C11H10FN3. The molecule has 2 aromatic carbocycles. The minimum absolute atomic E-state index is 0.0354. The van der Waals surface area contributed by atoms with E-state index < -0.39 is 0 Å². The SMILES string of the molecule is NC(N)=Nc1cccc2ccc(F)cc12. The van der Waals surface area contributed by atoms with E-state index in [1.807, 2.05) is 12.1 Å². The second-order valence-electron chi connectivity index (χ2n) is 3.18. The minimum Gasteiger partial charge on any atom is -0.370 e. The zero-order valence-electron chi connectivity index (χ0n) is 7.94. The van der Waals surface area contributed by atoms with Gasteiger partial charge in [-0.15, -0.1) is 0 Å². The molecule has 76 valence electrons. The predicted molar refractivity (Wildman–Crippen MR) is 59.4 cm³/mol. The molecule has 0 aromatic heterocycles. The number of hydrogen-bond donors (Lipinski definition) is 2. The molecule has 0 aliphatic carbocycles. The molecule has 15 heavy (non-hydrogen) atoms. The van der Waals surface area contributed by atoms with Crippen molar-refractivity contribution in [1.29, 1.82) is 0 Å². The molecule has 0 atom stereocenters. The summed E-state index contributed by atoms with van der Waals surface area (Å²) in [5.41, 5.74) is 11.2. The zero-order chi connectivity index (χ0) is 10.8. The second kappa shape index (κ2) is 3.57. The van der Waals surface area contributed by atoms with Crippen molar-refractivity contribution in [2.75, 3.05) is 0 Å². The molecule has 0 bridgehead atoms. The van der Waals surface area contributed by atoms with Crippen molar-refractivity contribution < 1.29 is 4.39 Å². The van der Waals surface area contributed by atoms with Gasteiger partial charge in [-0.1, -0.05) is 18.2 Å². The van der Waals surface area contributed by atoms with E-state index in [1.54, 1.807) is 12.1 Å². The number of hydrogen-bond acceptors (Lipinski definition) is 1. The summed E-state index contributed by atoms with van der Waals surface area (Å²) in [5, 5.41) is 1.60. The Morgan fingerprint density at radius 3 is 2.67 bits per heavy atom.